The molecule has 1 aromatic carbocycles. The molecule has 0 spiro atoms. The van der Waals surface area contributed by atoms with Crippen LogP contribution in [0.2, 0.25) is 5.02 Å². The van der Waals surface area contributed by atoms with Gasteiger partial charge in [-0.2, -0.15) is 4.98 Å². The van der Waals surface area contributed by atoms with Gasteiger partial charge in [-0.05, 0) is 18.6 Å². The Balaban J connectivity index is 2.30. The quantitative estimate of drug-likeness (QED) is 0.689. The van der Waals surface area contributed by atoms with Gasteiger partial charge in [0.2, 0.25) is 5.95 Å². The third-order valence-corrected chi connectivity index (χ3v) is 4.65. The van der Waals surface area contributed by atoms with E-state index >= 15 is 0 Å². The molecule has 0 fully saturated rings. The zero-order valence-corrected chi connectivity index (χ0v) is 15.5. The molecule has 0 aliphatic carbocycles. The molecule has 3 aromatic rings. The molecule has 0 aliphatic rings. The van der Waals surface area contributed by atoms with Gasteiger partial charge in [0.05, 0.1) is 13.2 Å². The van der Waals surface area contributed by atoms with Crippen molar-refractivity contribution in [2.45, 2.75) is 19.5 Å². The third-order valence-electron chi connectivity index (χ3n) is 4.28. The number of aromatic nitrogens is 4. The van der Waals surface area contributed by atoms with Gasteiger partial charge >= 0.3 is 5.69 Å². The molecule has 2 aromatic heterocycles. The summed E-state index contributed by atoms with van der Waals surface area (Å²) in [6.07, 6.45) is 0. The first-order chi connectivity index (χ1) is 12.3. The van der Waals surface area contributed by atoms with Crippen molar-refractivity contribution in [3.63, 3.8) is 0 Å². The molecule has 0 saturated heterocycles. The summed E-state index contributed by atoms with van der Waals surface area (Å²) in [6.45, 7) is 1.98. The molecule has 138 valence electrons. The lowest BCUT2D eigenvalue weighted by Gasteiger charge is -2.15. The third kappa shape index (κ3) is 3.02. The number of anilines is 1. The normalized spacial score (nSPS) is 12.5. The van der Waals surface area contributed by atoms with Crippen molar-refractivity contribution in [1.29, 1.82) is 0 Å². The second-order valence-corrected chi connectivity index (χ2v) is 6.63. The van der Waals surface area contributed by atoms with Gasteiger partial charge in [0.15, 0.2) is 11.2 Å². The fraction of sp³-hybridized carbons (Fsp3) is 0.353. The van der Waals surface area contributed by atoms with Crippen molar-refractivity contribution in [1.82, 2.24) is 18.7 Å². The van der Waals surface area contributed by atoms with Gasteiger partial charge in [-0.15, -0.1) is 0 Å². The first kappa shape index (κ1) is 18.2. The van der Waals surface area contributed by atoms with Crippen molar-refractivity contribution in [2.75, 3.05) is 11.9 Å². The summed E-state index contributed by atoms with van der Waals surface area (Å²) in [5.74, 6) is 0.389. The summed E-state index contributed by atoms with van der Waals surface area (Å²) in [5.41, 5.74) is 0.489. The highest BCUT2D eigenvalue weighted by molar-refractivity contribution is 6.31. The highest BCUT2D eigenvalue weighted by atomic mass is 35.5. The number of hydrogen-bond acceptors (Lipinski definition) is 5. The van der Waals surface area contributed by atoms with Gasteiger partial charge < -0.3 is 10.4 Å². The average molecular weight is 378 g/mol. The maximum atomic E-state index is 12.7. The Morgan fingerprint density at radius 3 is 2.58 bits per heavy atom. The van der Waals surface area contributed by atoms with Gasteiger partial charge in [-0.3, -0.25) is 18.5 Å². The number of nitrogens with one attached hydrogen (secondary N) is 1. The molecule has 9 heteroatoms. The van der Waals surface area contributed by atoms with E-state index < -0.39 is 11.2 Å². The minimum atomic E-state index is -0.452. The van der Waals surface area contributed by atoms with Crippen LogP contribution >= 0.6 is 11.6 Å². The number of nitrogens with zero attached hydrogens (tertiary/aromatic N) is 4. The van der Waals surface area contributed by atoms with Gasteiger partial charge in [0, 0.05) is 25.2 Å². The van der Waals surface area contributed by atoms with Crippen molar-refractivity contribution in [3.8, 4) is 0 Å². The predicted molar refractivity (Wildman–Crippen MR) is 101 cm³/mol. The van der Waals surface area contributed by atoms with Gasteiger partial charge in [0.1, 0.15) is 0 Å². The number of fused-ring (bicyclic) bond motifs is 1. The van der Waals surface area contributed by atoms with Crippen LogP contribution in [0, 0.1) is 0 Å². The molecular formula is C17H20ClN5O3. The standard InChI is InChI=1S/C17H20ClN5O3/c1-10(9-24)19-16-20-14-13(15(25)22(3)17(26)21(14)2)23(16)8-11-6-4-5-7-12(11)18/h4-7,10,24H,8-9H2,1-3H3,(H,19,20)/t10-/m0/s1. The molecule has 8 nitrogen and oxygen atoms in total. The van der Waals surface area contributed by atoms with E-state index in [0.717, 1.165) is 10.1 Å². The number of benzene rings is 1. The van der Waals surface area contributed by atoms with E-state index in [1.807, 2.05) is 18.2 Å². The number of aryl methyl sites for hydroxylation is 1. The summed E-state index contributed by atoms with van der Waals surface area (Å²) in [4.78, 5) is 29.4. The maximum Gasteiger partial charge on any atom is 0.332 e. The Hall–Kier alpha value is -2.58. The average Bonchev–Trinajstić information content (AvgIpc) is 2.98. The van der Waals surface area contributed by atoms with Crippen LogP contribution in [0.1, 0.15) is 12.5 Å². The van der Waals surface area contributed by atoms with Crippen LogP contribution in [-0.4, -0.2) is 36.4 Å². The van der Waals surface area contributed by atoms with E-state index in [2.05, 4.69) is 10.3 Å². The molecule has 0 aliphatic heterocycles. The molecule has 0 bridgehead atoms. The predicted octanol–water partition coefficient (Wildman–Crippen LogP) is 0.928. The van der Waals surface area contributed by atoms with Crippen LogP contribution < -0.4 is 16.6 Å². The molecule has 26 heavy (non-hydrogen) atoms. The molecule has 0 saturated carbocycles. The molecular weight excluding hydrogens is 358 g/mol. The van der Waals surface area contributed by atoms with E-state index in [9.17, 15) is 14.7 Å². The van der Waals surface area contributed by atoms with Crippen molar-refractivity contribution in [2.24, 2.45) is 14.1 Å². The van der Waals surface area contributed by atoms with Crippen LogP contribution in [0.5, 0.6) is 0 Å². The van der Waals surface area contributed by atoms with Gasteiger partial charge in [-0.1, -0.05) is 29.8 Å². The number of hydrogen-bond donors (Lipinski definition) is 2. The van der Waals surface area contributed by atoms with Crippen LogP contribution in [0.25, 0.3) is 11.2 Å². The van der Waals surface area contributed by atoms with E-state index in [0.29, 0.717) is 23.0 Å². The second kappa shape index (κ2) is 6.97. The van der Waals surface area contributed by atoms with Gasteiger partial charge in [-0.25, -0.2) is 4.79 Å². The lowest BCUT2D eigenvalue weighted by atomic mass is 10.2. The van der Waals surface area contributed by atoms with Crippen molar-refractivity contribution >= 4 is 28.7 Å². The van der Waals surface area contributed by atoms with E-state index in [1.54, 1.807) is 24.6 Å². The maximum absolute atomic E-state index is 12.7. The minimum Gasteiger partial charge on any atom is -0.394 e. The Morgan fingerprint density at radius 1 is 1.23 bits per heavy atom. The largest absolute Gasteiger partial charge is 0.394 e. The second-order valence-electron chi connectivity index (χ2n) is 6.22. The molecule has 2 N–H and O–H groups in total. The van der Waals surface area contributed by atoms with Crippen molar-refractivity contribution < 1.29 is 5.11 Å². The summed E-state index contributed by atoms with van der Waals surface area (Å²) in [7, 11) is 3.00. The number of rotatable bonds is 5. The first-order valence-corrected chi connectivity index (χ1v) is 8.50. The number of aliphatic hydroxyl groups is 1. The van der Waals surface area contributed by atoms with Crippen molar-refractivity contribution in [3.05, 3.63) is 55.7 Å². The summed E-state index contributed by atoms with van der Waals surface area (Å²) in [6, 6.07) is 7.04. The molecule has 0 amide bonds. The molecule has 0 unspecified atom stereocenters. The minimum absolute atomic E-state index is 0.105. The van der Waals surface area contributed by atoms with Crippen LogP contribution in [0.15, 0.2) is 33.9 Å². The van der Waals surface area contributed by atoms with Gasteiger partial charge in [0.25, 0.3) is 5.56 Å². The summed E-state index contributed by atoms with van der Waals surface area (Å²) in [5, 5.41) is 13.0. The Bertz CT molecular complexity index is 1080. The molecule has 3 rings (SSSR count). The smallest absolute Gasteiger partial charge is 0.332 e. The highest BCUT2D eigenvalue weighted by Crippen LogP contribution is 2.22. The Morgan fingerprint density at radius 2 is 1.92 bits per heavy atom. The van der Waals surface area contributed by atoms with E-state index in [4.69, 9.17) is 11.6 Å². The molecule has 2 heterocycles. The molecule has 0 radical (unpaired) electrons. The van der Waals surface area contributed by atoms with E-state index in [1.165, 1.54) is 11.6 Å². The van der Waals surface area contributed by atoms with E-state index in [-0.39, 0.29) is 18.3 Å². The topological polar surface area (TPSA) is 94.1 Å². The van der Waals surface area contributed by atoms with Crippen LogP contribution in [0.4, 0.5) is 5.95 Å². The Kier molecular flexibility index (Phi) is 4.88. The summed E-state index contributed by atoms with van der Waals surface area (Å²) < 4.78 is 4.06. The van der Waals surface area contributed by atoms with Crippen LogP contribution in [-0.2, 0) is 20.6 Å². The first-order valence-electron chi connectivity index (χ1n) is 8.12. The van der Waals surface area contributed by atoms with Crippen LogP contribution in [0.3, 0.4) is 0 Å². The lowest BCUT2D eigenvalue weighted by molar-refractivity contribution is 0.281. The SMILES string of the molecule is C[C@@H](CO)Nc1nc2c(c(=O)n(C)c(=O)n2C)n1Cc1ccccc1Cl. The molecule has 1 atom stereocenters. The fourth-order valence-corrected chi connectivity index (χ4v) is 2.97. The number of aliphatic hydroxyl groups excluding tert-OH is 1. The lowest BCUT2D eigenvalue weighted by Crippen LogP contribution is -2.37. The zero-order valence-electron chi connectivity index (χ0n) is 14.7. The number of imidazole rings is 1. The fourth-order valence-electron chi connectivity index (χ4n) is 2.77. The Labute approximate surface area is 154 Å². The highest BCUT2D eigenvalue weighted by Gasteiger charge is 2.20. The zero-order chi connectivity index (χ0) is 19.0. The number of halogens is 1. The summed E-state index contributed by atoms with van der Waals surface area (Å²) >= 11 is 6.27. The monoisotopic (exact) mass is 377 g/mol.